The molecule has 1 amide bonds. The number of aliphatic hydroxyl groups excluding tert-OH is 1. The number of aromatic hydroxyl groups is 1. The number of benzene rings is 1. The second-order valence-electron chi connectivity index (χ2n) is 4.70. The van der Waals surface area contributed by atoms with Gasteiger partial charge in [-0.2, -0.15) is 0 Å². The molecule has 5 nitrogen and oxygen atoms in total. The van der Waals surface area contributed by atoms with Crippen LogP contribution in [0.5, 0.6) is 5.75 Å². The highest BCUT2D eigenvalue weighted by molar-refractivity contribution is 9.10. The van der Waals surface area contributed by atoms with Crippen LogP contribution in [0.2, 0.25) is 0 Å². The van der Waals surface area contributed by atoms with Gasteiger partial charge >= 0.3 is 0 Å². The SMILES string of the molecule is Cc1c(Br)cc(C(=O)N[C@H]2COCC[C@@H]2O)c(O)c1F. The van der Waals surface area contributed by atoms with Gasteiger partial charge in [0.25, 0.3) is 5.91 Å². The molecule has 3 N–H and O–H groups in total. The molecule has 0 radical (unpaired) electrons. The van der Waals surface area contributed by atoms with Crippen molar-refractivity contribution in [2.45, 2.75) is 25.5 Å². The van der Waals surface area contributed by atoms with E-state index in [1.807, 2.05) is 0 Å². The molecule has 1 aliphatic heterocycles. The topological polar surface area (TPSA) is 78.8 Å². The average molecular weight is 348 g/mol. The lowest BCUT2D eigenvalue weighted by molar-refractivity contribution is -0.0140. The van der Waals surface area contributed by atoms with Gasteiger partial charge in [-0.15, -0.1) is 0 Å². The van der Waals surface area contributed by atoms with Crippen LogP contribution in [0.4, 0.5) is 4.39 Å². The van der Waals surface area contributed by atoms with Crippen LogP contribution < -0.4 is 5.32 Å². The monoisotopic (exact) mass is 347 g/mol. The van der Waals surface area contributed by atoms with Crippen LogP contribution in [0, 0.1) is 12.7 Å². The summed E-state index contributed by atoms with van der Waals surface area (Å²) in [7, 11) is 0. The van der Waals surface area contributed by atoms with E-state index in [0.717, 1.165) is 0 Å². The molecule has 2 rings (SSSR count). The van der Waals surface area contributed by atoms with E-state index in [9.17, 15) is 19.4 Å². The molecule has 0 saturated carbocycles. The lowest BCUT2D eigenvalue weighted by atomic mass is 10.1. The smallest absolute Gasteiger partial charge is 0.255 e. The summed E-state index contributed by atoms with van der Waals surface area (Å²) in [5, 5.41) is 22.0. The molecule has 1 heterocycles. The second kappa shape index (κ2) is 6.07. The normalized spacial score (nSPS) is 22.6. The molecule has 0 aliphatic carbocycles. The van der Waals surface area contributed by atoms with Crippen molar-refractivity contribution < 1.29 is 24.1 Å². The number of nitrogens with one attached hydrogen (secondary N) is 1. The molecule has 1 fully saturated rings. The maximum absolute atomic E-state index is 13.7. The highest BCUT2D eigenvalue weighted by atomic mass is 79.9. The van der Waals surface area contributed by atoms with Gasteiger partial charge in [-0.3, -0.25) is 4.79 Å². The summed E-state index contributed by atoms with van der Waals surface area (Å²) in [6.45, 7) is 2.10. The third kappa shape index (κ3) is 2.94. The number of phenols is 1. The van der Waals surface area contributed by atoms with E-state index in [0.29, 0.717) is 17.5 Å². The van der Waals surface area contributed by atoms with Crippen LogP contribution in [0.1, 0.15) is 22.3 Å². The molecule has 1 saturated heterocycles. The van der Waals surface area contributed by atoms with Crippen molar-refractivity contribution in [3.8, 4) is 5.75 Å². The molecule has 0 bridgehead atoms. The van der Waals surface area contributed by atoms with Gasteiger partial charge in [0.1, 0.15) is 0 Å². The van der Waals surface area contributed by atoms with Crippen molar-refractivity contribution in [2.24, 2.45) is 0 Å². The standard InChI is InChI=1S/C13H15BrFNO4/c1-6-8(14)4-7(12(18)11(6)15)13(19)16-9-5-20-3-2-10(9)17/h4,9-10,17-18H,2-3,5H2,1H3,(H,16,19)/t9-,10-/m0/s1. The Morgan fingerprint density at radius 1 is 1.60 bits per heavy atom. The summed E-state index contributed by atoms with van der Waals surface area (Å²) in [6, 6.07) is 0.776. The average Bonchev–Trinajstić information content (AvgIpc) is 2.43. The van der Waals surface area contributed by atoms with Crippen LogP contribution in [0.25, 0.3) is 0 Å². The molecular weight excluding hydrogens is 333 g/mol. The summed E-state index contributed by atoms with van der Waals surface area (Å²) in [5.41, 5.74) is 0.0397. The molecule has 110 valence electrons. The Morgan fingerprint density at radius 3 is 2.95 bits per heavy atom. The number of carbonyl (C=O) groups is 1. The zero-order chi connectivity index (χ0) is 14.9. The zero-order valence-corrected chi connectivity index (χ0v) is 12.4. The van der Waals surface area contributed by atoms with E-state index >= 15 is 0 Å². The molecule has 1 aromatic rings. The van der Waals surface area contributed by atoms with Gasteiger partial charge in [0, 0.05) is 16.6 Å². The third-order valence-corrected chi connectivity index (χ3v) is 4.13. The molecule has 20 heavy (non-hydrogen) atoms. The van der Waals surface area contributed by atoms with Crippen molar-refractivity contribution in [3.63, 3.8) is 0 Å². The summed E-state index contributed by atoms with van der Waals surface area (Å²) < 4.78 is 19.3. The van der Waals surface area contributed by atoms with E-state index < -0.39 is 29.6 Å². The number of hydrogen-bond donors (Lipinski definition) is 3. The van der Waals surface area contributed by atoms with Crippen molar-refractivity contribution in [1.82, 2.24) is 5.32 Å². The number of rotatable bonds is 2. The molecule has 0 unspecified atom stereocenters. The van der Waals surface area contributed by atoms with Gasteiger partial charge in [0.15, 0.2) is 11.6 Å². The first kappa shape index (κ1) is 15.2. The number of halogens is 2. The maximum atomic E-state index is 13.7. The van der Waals surface area contributed by atoms with Crippen LogP contribution in [0.15, 0.2) is 10.5 Å². The van der Waals surface area contributed by atoms with Gasteiger partial charge in [0.2, 0.25) is 0 Å². The minimum Gasteiger partial charge on any atom is -0.504 e. The predicted octanol–water partition coefficient (Wildman–Crippen LogP) is 1.48. The fourth-order valence-corrected chi connectivity index (χ4v) is 2.39. The minimum atomic E-state index is -0.843. The van der Waals surface area contributed by atoms with Crippen molar-refractivity contribution in [3.05, 3.63) is 27.5 Å². The molecule has 1 aromatic carbocycles. The van der Waals surface area contributed by atoms with Crippen LogP contribution in [0.3, 0.4) is 0 Å². The minimum absolute atomic E-state index is 0.183. The molecule has 2 atom stereocenters. The highest BCUT2D eigenvalue weighted by Gasteiger charge is 2.27. The molecule has 0 aromatic heterocycles. The number of amides is 1. The van der Waals surface area contributed by atoms with Crippen molar-refractivity contribution >= 4 is 21.8 Å². The number of phenolic OH excluding ortho intramolecular Hbond substituents is 1. The number of ether oxygens (including phenoxy) is 1. The molecule has 7 heteroatoms. The van der Waals surface area contributed by atoms with Crippen LogP contribution in [-0.4, -0.2) is 41.5 Å². The van der Waals surface area contributed by atoms with Crippen molar-refractivity contribution in [1.29, 1.82) is 0 Å². The first-order chi connectivity index (χ1) is 9.41. The number of hydrogen-bond acceptors (Lipinski definition) is 4. The predicted molar refractivity (Wildman–Crippen MR) is 73.2 cm³/mol. The molecule has 0 spiro atoms. The fourth-order valence-electron chi connectivity index (χ4n) is 1.99. The first-order valence-corrected chi connectivity index (χ1v) is 6.95. The largest absolute Gasteiger partial charge is 0.504 e. The highest BCUT2D eigenvalue weighted by Crippen LogP contribution is 2.30. The van der Waals surface area contributed by atoms with E-state index in [1.165, 1.54) is 13.0 Å². The van der Waals surface area contributed by atoms with Gasteiger partial charge in [-0.1, -0.05) is 15.9 Å². The van der Waals surface area contributed by atoms with Gasteiger partial charge in [0.05, 0.1) is 24.3 Å². The Labute approximate surface area is 123 Å². The molecule has 1 aliphatic rings. The van der Waals surface area contributed by atoms with E-state index in [-0.39, 0.29) is 17.7 Å². The molecular formula is C13H15BrFNO4. The summed E-state index contributed by atoms with van der Waals surface area (Å²) >= 11 is 3.13. The quantitative estimate of drug-likeness (QED) is 0.757. The second-order valence-corrected chi connectivity index (χ2v) is 5.56. The van der Waals surface area contributed by atoms with Crippen LogP contribution >= 0.6 is 15.9 Å². The van der Waals surface area contributed by atoms with E-state index in [1.54, 1.807) is 0 Å². The van der Waals surface area contributed by atoms with E-state index in [2.05, 4.69) is 21.2 Å². The third-order valence-electron chi connectivity index (χ3n) is 3.30. The van der Waals surface area contributed by atoms with Crippen molar-refractivity contribution in [2.75, 3.05) is 13.2 Å². The summed E-state index contributed by atoms with van der Waals surface area (Å²) in [4.78, 5) is 12.1. The zero-order valence-electron chi connectivity index (χ0n) is 10.8. The summed E-state index contributed by atoms with van der Waals surface area (Å²) in [6.07, 6.45) is -0.295. The lowest BCUT2D eigenvalue weighted by Crippen LogP contribution is -2.49. The van der Waals surface area contributed by atoms with E-state index in [4.69, 9.17) is 4.74 Å². The Bertz CT molecular complexity index is 538. The Balaban J connectivity index is 2.21. The van der Waals surface area contributed by atoms with Crippen LogP contribution in [-0.2, 0) is 4.74 Å². The van der Waals surface area contributed by atoms with Gasteiger partial charge in [-0.25, -0.2) is 4.39 Å². The van der Waals surface area contributed by atoms with Gasteiger partial charge < -0.3 is 20.3 Å². The number of aliphatic hydroxyl groups is 1. The fraction of sp³-hybridized carbons (Fsp3) is 0.462. The summed E-state index contributed by atoms with van der Waals surface area (Å²) in [5.74, 6) is -2.20. The van der Waals surface area contributed by atoms with Gasteiger partial charge in [-0.05, 0) is 19.4 Å². The number of carbonyl (C=O) groups excluding carboxylic acids is 1. The Hall–Kier alpha value is -1.18. The maximum Gasteiger partial charge on any atom is 0.255 e. The first-order valence-electron chi connectivity index (χ1n) is 6.16. The Kier molecular flexibility index (Phi) is 4.62. The Morgan fingerprint density at radius 2 is 2.30 bits per heavy atom. The lowest BCUT2D eigenvalue weighted by Gasteiger charge is -2.28.